The highest BCUT2D eigenvalue weighted by atomic mass is 16.6. The summed E-state index contributed by atoms with van der Waals surface area (Å²) in [6, 6.07) is 13.8. The van der Waals surface area contributed by atoms with E-state index in [2.05, 4.69) is 23.0 Å². The molecule has 2 aromatic rings. The molecule has 1 fully saturated rings. The van der Waals surface area contributed by atoms with Gasteiger partial charge in [0, 0.05) is 17.8 Å². The number of hydrogen-bond acceptors (Lipinski definition) is 4. The van der Waals surface area contributed by atoms with Crippen molar-refractivity contribution in [3.63, 3.8) is 0 Å². The molecular formula is C21H27N3O2. The second-order valence-corrected chi connectivity index (χ2v) is 7.71. The van der Waals surface area contributed by atoms with Gasteiger partial charge in [-0.1, -0.05) is 24.3 Å². The maximum atomic E-state index is 13.1. The summed E-state index contributed by atoms with van der Waals surface area (Å²) in [7, 11) is 2.12. The predicted molar refractivity (Wildman–Crippen MR) is 104 cm³/mol. The Morgan fingerprint density at radius 3 is 2.54 bits per heavy atom. The van der Waals surface area contributed by atoms with Gasteiger partial charge in [0.1, 0.15) is 11.4 Å². The molecule has 0 spiro atoms. The van der Waals surface area contributed by atoms with Crippen LogP contribution < -0.4 is 4.90 Å². The minimum absolute atomic E-state index is 0.257. The summed E-state index contributed by atoms with van der Waals surface area (Å²) in [5.41, 5.74) is 1.23. The molecule has 0 bridgehead atoms. The van der Waals surface area contributed by atoms with E-state index in [0.717, 1.165) is 30.6 Å². The first-order valence-electron chi connectivity index (χ1n) is 9.10. The molecule has 0 unspecified atom stereocenters. The summed E-state index contributed by atoms with van der Waals surface area (Å²) in [4.78, 5) is 21.6. The van der Waals surface area contributed by atoms with E-state index in [1.807, 2.05) is 57.2 Å². The minimum Gasteiger partial charge on any atom is -0.443 e. The smallest absolute Gasteiger partial charge is 0.420 e. The highest BCUT2D eigenvalue weighted by Gasteiger charge is 2.32. The Morgan fingerprint density at radius 1 is 1.19 bits per heavy atom. The lowest BCUT2D eigenvalue weighted by Gasteiger charge is -2.30. The number of nitrogens with zero attached hydrogens (tertiary/aromatic N) is 3. The molecule has 26 heavy (non-hydrogen) atoms. The number of amides is 1. The molecule has 1 amide bonds. The fraction of sp³-hybridized carbons (Fsp3) is 0.429. The number of para-hydroxylation sites is 1. The molecule has 2 heterocycles. The van der Waals surface area contributed by atoms with E-state index in [1.54, 1.807) is 11.1 Å². The quantitative estimate of drug-likeness (QED) is 0.785. The molecule has 0 radical (unpaired) electrons. The van der Waals surface area contributed by atoms with Gasteiger partial charge in [-0.2, -0.15) is 0 Å². The zero-order valence-corrected chi connectivity index (χ0v) is 16.0. The Hall–Kier alpha value is -2.40. The molecule has 5 heteroatoms. The number of rotatable bonds is 3. The average molecular weight is 353 g/mol. The number of likely N-dealkylation sites (tertiary alicyclic amines) is 1. The van der Waals surface area contributed by atoms with E-state index in [1.165, 1.54) is 0 Å². The minimum atomic E-state index is -0.580. The van der Waals surface area contributed by atoms with Crippen molar-refractivity contribution < 1.29 is 9.53 Å². The molecule has 3 rings (SSSR count). The van der Waals surface area contributed by atoms with Gasteiger partial charge in [0.15, 0.2) is 0 Å². The van der Waals surface area contributed by atoms with Gasteiger partial charge >= 0.3 is 6.09 Å². The number of hydrogen-bond donors (Lipinski definition) is 0. The fourth-order valence-electron chi connectivity index (χ4n) is 3.36. The van der Waals surface area contributed by atoms with Gasteiger partial charge in [0.25, 0.3) is 0 Å². The first-order valence-corrected chi connectivity index (χ1v) is 9.10. The van der Waals surface area contributed by atoms with Crippen molar-refractivity contribution in [2.45, 2.75) is 45.3 Å². The molecule has 0 saturated carbocycles. The highest BCUT2D eigenvalue weighted by Crippen LogP contribution is 2.38. The maximum Gasteiger partial charge on any atom is 0.420 e. The Labute approximate surface area is 155 Å². The van der Waals surface area contributed by atoms with Crippen LogP contribution >= 0.6 is 0 Å². The van der Waals surface area contributed by atoms with Crippen molar-refractivity contribution in [3.8, 4) is 0 Å². The van der Waals surface area contributed by atoms with Crippen molar-refractivity contribution in [2.75, 3.05) is 18.5 Å². The molecule has 1 aliphatic rings. The maximum absolute atomic E-state index is 13.1. The number of aromatic nitrogens is 1. The fourth-order valence-corrected chi connectivity index (χ4v) is 3.36. The van der Waals surface area contributed by atoms with E-state index in [4.69, 9.17) is 4.74 Å². The number of pyridine rings is 1. The van der Waals surface area contributed by atoms with Gasteiger partial charge in [-0.25, -0.2) is 14.7 Å². The molecule has 1 aromatic carbocycles. The van der Waals surface area contributed by atoms with E-state index in [9.17, 15) is 4.79 Å². The van der Waals surface area contributed by atoms with Gasteiger partial charge in [0.2, 0.25) is 0 Å². The van der Waals surface area contributed by atoms with Crippen molar-refractivity contribution in [1.82, 2.24) is 9.88 Å². The van der Waals surface area contributed by atoms with Crippen LogP contribution in [0.25, 0.3) is 0 Å². The summed E-state index contributed by atoms with van der Waals surface area (Å²) in [5, 5.41) is 0. The molecular weight excluding hydrogens is 326 g/mol. The number of ether oxygens (including phenoxy) is 1. The van der Waals surface area contributed by atoms with Crippen LogP contribution in [0.5, 0.6) is 0 Å². The van der Waals surface area contributed by atoms with Gasteiger partial charge in [-0.15, -0.1) is 0 Å². The molecule has 138 valence electrons. The average Bonchev–Trinajstić information content (AvgIpc) is 3.01. The lowest BCUT2D eigenvalue weighted by Crippen LogP contribution is -2.35. The van der Waals surface area contributed by atoms with Gasteiger partial charge in [-0.05, 0) is 65.4 Å². The third-order valence-corrected chi connectivity index (χ3v) is 4.50. The van der Waals surface area contributed by atoms with Crippen LogP contribution in [-0.2, 0) is 4.74 Å². The molecule has 1 saturated heterocycles. The van der Waals surface area contributed by atoms with Crippen molar-refractivity contribution in [1.29, 1.82) is 0 Å². The zero-order valence-electron chi connectivity index (χ0n) is 16.0. The second-order valence-electron chi connectivity index (χ2n) is 7.71. The Bertz CT molecular complexity index is 755. The molecule has 1 aromatic heterocycles. The van der Waals surface area contributed by atoms with Crippen molar-refractivity contribution in [2.24, 2.45) is 0 Å². The van der Waals surface area contributed by atoms with E-state index in [0.29, 0.717) is 5.82 Å². The number of carbonyl (C=O) groups is 1. The third kappa shape index (κ3) is 4.05. The summed E-state index contributed by atoms with van der Waals surface area (Å²) < 4.78 is 5.69. The molecule has 0 aliphatic carbocycles. The second kappa shape index (κ2) is 7.46. The molecule has 1 atom stereocenters. The van der Waals surface area contributed by atoms with Crippen LogP contribution in [0.15, 0.2) is 48.7 Å². The monoisotopic (exact) mass is 353 g/mol. The van der Waals surface area contributed by atoms with Crippen LogP contribution in [0.2, 0.25) is 0 Å². The standard InChI is InChI=1S/C21H27N3O2/c1-21(2,3)26-20(25)24(16-10-6-5-7-11-16)19-17(12-8-14-22-19)18-13-9-15-23(18)4/h5-8,10-12,14,18H,9,13,15H2,1-4H3/t18-/m1/s1. The Balaban J connectivity index is 2.07. The molecule has 0 N–H and O–H groups in total. The summed E-state index contributed by atoms with van der Waals surface area (Å²) in [6.07, 6.45) is 3.53. The van der Waals surface area contributed by atoms with Crippen LogP contribution in [-0.4, -0.2) is 35.2 Å². The number of anilines is 2. The van der Waals surface area contributed by atoms with Crippen LogP contribution in [0.4, 0.5) is 16.3 Å². The van der Waals surface area contributed by atoms with Crippen LogP contribution in [0, 0.1) is 0 Å². The lowest BCUT2D eigenvalue weighted by molar-refractivity contribution is 0.0597. The summed E-state index contributed by atoms with van der Waals surface area (Å²) in [6.45, 7) is 6.67. The highest BCUT2D eigenvalue weighted by molar-refractivity contribution is 5.96. The van der Waals surface area contributed by atoms with Gasteiger partial charge in [0.05, 0.1) is 5.69 Å². The van der Waals surface area contributed by atoms with E-state index >= 15 is 0 Å². The van der Waals surface area contributed by atoms with Gasteiger partial charge in [-0.3, -0.25) is 4.90 Å². The van der Waals surface area contributed by atoms with Crippen LogP contribution in [0.1, 0.15) is 45.2 Å². The lowest BCUT2D eigenvalue weighted by atomic mass is 10.0. The van der Waals surface area contributed by atoms with Crippen molar-refractivity contribution in [3.05, 3.63) is 54.2 Å². The summed E-state index contributed by atoms with van der Waals surface area (Å²) in [5.74, 6) is 0.645. The van der Waals surface area contributed by atoms with Crippen LogP contribution in [0.3, 0.4) is 0 Å². The normalized spacial score (nSPS) is 17.9. The topological polar surface area (TPSA) is 45.7 Å². The van der Waals surface area contributed by atoms with E-state index < -0.39 is 11.7 Å². The van der Waals surface area contributed by atoms with E-state index in [-0.39, 0.29) is 6.04 Å². The third-order valence-electron chi connectivity index (χ3n) is 4.50. The van der Waals surface area contributed by atoms with Crippen molar-refractivity contribution >= 4 is 17.6 Å². The molecule has 1 aliphatic heterocycles. The summed E-state index contributed by atoms with van der Waals surface area (Å²) >= 11 is 0. The predicted octanol–water partition coefficient (Wildman–Crippen LogP) is 4.92. The zero-order chi connectivity index (χ0) is 18.7. The Morgan fingerprint density at radius 2 is 1.92 bits per heavy atom. The number of benzene rings is 1. The first kappa shape index (κ1) is 18.4. The Kier molecular flexibility index (Phi) is 5.28. The van der Waals surface area contributed by atoms with Gasteiger partial charge < -0.3 is 4.74 Å². The SMILES string of the molecule is CN1CCC[C@@H]1c1cccnc1N(C(=O)OC(C)(C)C)c1ccccc1. The first-order chi connectivity index (χ1) is 12.4. The molecule has 5 nitrogen and oxygen atoms in total. The number of carbonyl (C=O) groups excluding carboxylic acids is 1. The largest absolute Gasteiger partial charge is 0.443 e.